The van der Waals surface area contributed by atoms with Gasteiger partial charge in [-0.05, 0) is 45.6 Å². The fourth-order valence-corrected chi connectivity index (χ4v) is 3.33. The second-order valence-corrected chi connectivity index (χ2v) is 5.95. The maximum absolute atomic E-state index is 13.6. The summed E-state index contributed by atoms with van der Waals surface area (Å²) in [5.41, 5.74) is 1.06. The van der Waals surface area contributed by atoms with Crippen LogP contribution in [-0.4, -0.2) is 0 Å². The normalized spacial score (nSPS) is 12.5. The van der Waals surface area contributed by atoms with Crippen molar-refractivity contribution in [3.8, 4) is 0 Å². The first kappa shape index (κ1) is 14.6. The summed E-state index contributed by atoms with van der Waals surface area (Å²) < 4.78 is 40.1. The maximum atomic E-state index is 13.6. The van der Waals surface area contributed by atoms with Crippen LogP contribution in [0.4, 0.5) is 13.2 Å². The van der Waals surface area contributed by atoms with Crippen LogP contribution in [0.15, 0.2) is 40.9 Å². The Morgan fingerprint density at radius 2 is 1.74 bits per heavy atom. The first-order chi connectivity index (χ1) is 8.99. The lowest BCUT2D eigenvalue weighted by molar-refractivity contribution is 0.571. The van der Waals surface area contributed by atoms with Crippen LogP contribution < -0.4 is 0 Å². The molecule has 0 aromatic heterocycles. The van der Waals surface area contributed by atoms with E-state index in [4.69, 9.17) is 0 Å². The standard InChI is InChI=1S/C14H9Br2F3/c15-11(10-2-1-3-12(18)14(10)16)6-8-4-5-9(17)7-13(8)19/h1-5,7,11H,6H2. The molecule has 0 N–H and O–H groups in total. The molecule has 0 amide bonds. The van der Waals surface area contributed by atoms with Crippen molar-refractivity contribution in [1.29, 1.82) is 0 Å². The molecule has 1 atom stereocenters. The number of alkyl halides is 1. The van der Waals surface area contributed by atoms with Crippen molar-refractivity contribution in [3.05, 3.63) is 69.4 Å². The van der Waals surface area contributed by atoms with Gasteiger partial charge < -0.3 is 0 Å². The van der Waals surface area contributed by atoms with Crippen LogP contribution in [-0.2, 0) is 6.42 Å². The molecule has 100 valence electrons. The first-order valence-corrected chi connectivity index (χ1v) is 7.22. The van der Waals surface area contributed by atoms with E-state index in [1.165, 1.54) is 18.2 Å². The average Bonchev–Trinajstić information content (AvgIpc) is 2.36. The van der Waals surface area contributed by atoms with Gasteiger partial charge in [0.25, 0.3) is 0 Å². The van der Waals surface area contributed by atoms with E-state index in [0.29, 0.717) is 22.0 Å². The minimum atomic E-state index is -0.612. The van der Waals surface area contributed by atoms with Crippen LogP contribution in [0.3, 0.4) is 0 Å². The zero-order chi connectivity index (χ0) is 14.0. The Kier molecular flexibility index (Phi) is 4.68. The molecule has 0 saturated heterocycles. The molecule has 0 saturated carbocycles. The molecule has 0 heterocycles. The molecule has 2 rings (SSSR count). The van der Waals surface area contributed by atoms with Crippen LogP contribution >= 0.6 is 31.9 Å². The molecule has 0 aliphatic carbocycles. The van der Waals surface area contributed by atoms with E-state index >= 15 is 0 Å². The van der Waals surface area contributed by atoms with Crippen LogP contribution in [0.25, 0.3) is 0 Å². The van der Waals surface area contributed by atoms with Crippen LogP contribution in [0.1, 0.15) is 16.0 Å². The molecule has 19 heavy (non-hydrogen) atoms. The van der Waals surface area contributed by atoms with Gasteiger partial charge in [-0.3, -0.25) is 0 Å². The number of hydrogen-bond acceptors (Lipinski definition) is 0. The van der Waals surface area contributed by atoms with Gasteiger partial charge in [0.05, 0.1) is 4.47 Å². The van der Waals surface area contributed by atoms with Gasteiger partial charge in [0.15, 0.2) is 0 Å². The Morgan fingerprint density at radius 3 is 2.42 bits per heavy atom. The molecule has 0 bridgehead atoms. The fraction of sp³-hybridized carbons (Fsp3) is 0.143. The SMILES string of the molecule is Fc1ccc(CC(Br)c2cccc(F)c2Br)c(F)c1. The third kappa shape index (κ3) is 3.39. The molecule has 0 aliphatic rings. The summed E-state index contributed by atoms with van der Waals surface area (Å²) in [4.78, 5) is -0.266. The third-order valence-corrected chi connectivity index (χ3v) is 4.39. The summed E-state index contributed by atoms with van der Waals surface area (Å²) in [5, 5.41) is 0. The second-order valence-electron chi connectivity index (χ2n) is 4.05. The molecule has 0 aliphatic heterocycles. The summed E-state index contributed by atoms with van der Waals surface area (Å²) in [5.74, 6) is -1.59. The Balaban J connectivity index is 2.25. The zero-order valence-corrected chi connectivity index (χ0v) is 12.8. The summed E-state index contributed by atoms with van der Waals surface area (Å²) >= 11 is 6.57. The van der Waals surface area contributed by atoms with Gasteiger partial charge in [0.2, 0.25) is 0 Å². The molecule has 0 nitrogen and oxygen atoms in total. The number of hydrogen-bond donors (Lipinski definition) is 0. The smallest absolute Gasteiger partial charge is 0.137 e. The van der Waals surface area contributed by atoms with Gasteiger partial charge in [-0.2, -0.15) is 0 Å². The van der Waals surface area contributed by atoms with Crippen molar-refractivity contribution < 1.29 is 13.2 Å². The fourth-order valence-electron chi connectivity index (χ4n) is 1.75. The highest BCUT2D eigenvalue weighted by molar-refractivity contribution is 9.11. The van der Waals surface area contributed by atoms with E-state index < -0.39 is 11.6 Å². The lowest BCUT2D eigenvalue weighted by atomic mass is 10.0. The Labute approximate surface area is 125 Å². The quantitative estimate of drug-likeness (QED) is 0.600. The van der Waals surface area contributed by atoms with E-state index in [2.05, 4.69) is 31.9 Å². The van der Waals surface area contributed by atoms with Gasteiger partial charge in [-0.25, -0.2) is 13.2 Å². The zero-order valence-electron chi connectivity index (χ0n) is 9.64. The van der Waals surface area contributed by atoms with Gasteiger partial charge in [-0.15, -0.1) is 0 Å². The number of halogens is 5. The molecule has 5 heteroatoms. The van der Waals surface area contributed by atoms with E-state index in [1.54, 1.807) is 12.1 Å². The van der Waals surface area contributed by atoms with Crippen molar-refractivity contribution in [1.82, 2.24) is 0 Å². The van der Waals surface area contributed by atoms with Crippen molar-refractivity contribution in [2.45, 2.75) is 11.2 Å². The molecule has 2 aromatic carbocycles. The molecule has 1 unspecified atom stereocenters. The summed E-state index contributed by atoms with van der Waals surface area (Å²) in [6, 6.07) is 8.12. The highest BCUT2D eigenvalue weighted by atomic mass is 79.9. The number of rotatable bonds is 3. The van der Waals surface area contributed by atoms with Gasteiger partial charge in [0, 0.05) is 10.9 Å². The first-order valence-electron chi connectivity index (χ1n) is 5.51. The van der Waals surface area contributed by atoms with E-state index in [1.807, 2.05) is 0 Å². The Morgan fingerprint density at radius 1 is 1.00 bits per heavy atom. The summed E-state index contributed by atoms with van der Waals surface area (Å²) in [6.07, 6.45) is 0.300. The van der Waals surface area contributed by atoms with Crippen LogP contribution in [0.5, 0.6) is 0 Å². The van der Waals surface area contributed by atoms with E-state index in [0.717, 1.165) is 6.07 Å². The van der Waals surface area contributed by atoms with Crippen molar-refractivity contribution in [2.24, 2.45) is 0 Å². The van der Waals surface area contributed by atoms with Crippen molar-refractivity contribution in [3.63, 3.8) is 0 Å². The maximum Gasteiger partial charge on any atom is 0.137 e. The monoisotopic (exact) mass is 392 g/mol. The van der Waals surface area contributed by atoms with E-state index in [-0.39, 0.29) is 10.6 Å². The Bertz CT molecular complexity index is 599. The molecule has 0 fully saturated rings. The number of benzene rings is 2. The van der Waals surface area contributed by atoms with Crippen molar-refractivity contribution >= 4 is 31.9 Å². The molecular formula is C14H9Br2F3. The third-order valence-electron chi connectivity index (χ3n) is 2.73. The molecule has 0 radical (unpaired) electrons. The predicted octanol–water partition coefficient (Wildman–Crippen LogP) is 5.55. The summed E-state index contributed by atoms with van der Waals surface area (Å²) in [6.45, 7) is 0. The van der Waals surface area contributed by atoms with Gasteiger partial charge >= 0.3 is 0 Å². The minimum Gasteiger partial charge on any atom is -0.207 e. The molecular weight excluding hydrogens is 385 g/mol. The Hall–Kier alpha value is -0.810. The topological polar surface area (TPSA) is 0 Å². The average molecular weight is 394 g/mol. The van der Waals surface area contributed by atoms with Crippen LogP contribution in [0.2, 0.25) is 0 Å². The van der Waals surface area contributed by atoms with Crippen LogP contribution in [0, 0.1) is 17.5 Å². The lowest BCUT2D eigenvalue weighted by Gasteiger charge is -2.13. The minimum absolute atomic E-state index is 0.266. The van der Waals surface area contributed by atoms with Gasteiger partial charge in [0.1, 0.15) is 17.5 Å². The van der Waals surface area contributed by atoms with Gasteiger partial charge in [-0.1, -0.05) is 34.1 Å². The molecule has 2 aromatic rings. The second kappa shape index (κ2) is 6.09. The highest BCUT2D eigenvalue weighted by Gasteiger charge is 2.16. The highest BCUT2D eigenvalue weighted by Crippen LogP contribution is 2.34. The lowest BCUT2D eigenvalue weighted by Crippen LogP contribution is -2.00. The summed E-state index contributed by atoms with van der Waals surface area (Å²) in [7, 11) is 0. The predicted molar refractivity (Wildman–Crippen MR) is 75.8 cm³/mol. The van der Waals surface area contributed by atoms with E-state index in [9.17, 15) is 13.2 Å². The molecule has 0 spiro atoms. The largest absolute Gasteiger partial charge is 0.207 e. The van der Waals surface area contributed by atoms with Crippen molar-refractivity contribution in [2.75, 3.05) is 0 Å².